The predicted octanol–water partition coefficient (Wildman–Crippen LogP) is 2.84. The van der Waals surface area contributed by atoms with E-state index in [2.05, 4.69) is 0 Å². The maximum absolute atomic E-state index is 12.6. The van der Waals surface area contributed by atoms with Gasteiger partial charge in [-0.25, -0.2) is 0 Å². The molecule has 142 valence electrons. The fourth-order valence-corrected chi connectivity index (χ4v) is 5.58. The summed E-state index contributed by atoms with van der Waals surface area (Å²) in [5.74, 6) is 2.59. The molecule has 0 aromatic heterocycles. The number of rotatable bonds is 5. The zero-order valence-corrected chi connectivity index (χ0v) is 16.1. The van der Waals surface area contributed by atoms with Gasteiger partial charge >= 0.3 is 0 Å². The first-order valence-corrected chi connectivity index (χ1v) is 10.4. The maximum Gasteiger partial charge on any atom is 0.253 e. The number of likely N-dealkylation sites (tertiary alicyclic amines) is 1. The Morgan fingerprint density at radius 1 is 1.27 bits per heavy atom. The molecule has 1 aromatic rings. The van der Waals surface area contributed by atoms with Gasteiger partial charge in [0.2, 0.25) is 0 Å². The number of carbonyl (C=O) groups is 1. The SMILES string of the molecule is COc1ccc(C(=O)N2CC3(CC(OCC4CCOCC4)CS3)C2)cc1. The Labute approximate surface area is 159 Å². The van der Waals surface area contributed by atoms with Gasteiger partial charge in [-0.2, -0.15) is 0 Å². The summed E-state index contributed by atoms with van der Waals surface area (Å²) in [6.07, 6.45) is 3.64. The molecule has 1 aromatic carbocycles. The molecule has 1 spiro atoms. The monoisotopic (exact) mass is 377 g/mol. The molecule has 5 nitrogen and oxygen atoms in total. The van der Waals surface area contributed by atoms with Crippen LogP contribution in [-0.4, -0.2) is 67.4 Å². The van der Waals surface area contributed by atoms with E-state index in [1.54, 1.807) is 7.11 Å². The second-order valence-electron chi connectivity index (χ2n) is 7.60. The van der Waals surface area contributed by atoms with E-state index in [9.17, 15) is 4.79 Å². The average molecular weight is 378 g/mol. The van der Waals surface area contributed by atoms with Crippen molar-refractivity contribution in [3.8, 4) is 5.75 Å². The zero-order chi connectivity index (χ0) is 18.0. The highest BCUT2D eigenvalue weighted by atomic mass is 32.2. The molecule has 6 heteroatoms. The van der Waals surface area contributed by atoms with Crippen molar-refractivity contribution in [2.45, 2.75) is 30.1 Å². The summed E-state index contributed by atoms with van der Waals surface area (Å²) < 4.78 is 17.0. The van der Waals surface area contributed by atoms with Crippen LogP contribution < -0.4 is 4.74 Å². The van der Waals surface area contributed by atoms with Crippen molar-refractivity contribution >= 4 is 17.7 Å². The van der Waals surface area contributed by atoms with Gasteiger partial charge in [-0.05, 0) is 49.4 Å². The quantitative estimate of drug-likeness (QED) is 0.790. The fourth-order valence-electron chi connectivity index (χ4n) is 4.02. The Bertz CT molecular complexity index is 623. The van der Waals surface area contributed by atoms with E-state index in [1.165, 1.54) is 0 Å². The number of thioether (sulfide) groups is 1. The third-order valence-electron chi connectivity index (χ3n) is 5.67. The van der Waals surface area contributed by atoms with Crippen LogP contribution in [0.3, 0.4) is 0 Å². The number of hydrogen-bond donors (Lipinski definition) is 0. The van der Waals surface area contributed by atoms with Crippen molar-refractivity contribution < 1.29 is 19.0 Å². The molecule has 0 radical (unpaired) electrons. The molecule has 3 aliphatic rings. The lowest BCUT2D eigenvalue weighted by molar-refractivity contribution is -0.0118. The van der Waals surface area contributed by atoms with Crippen LogP contribution in [0.2, 0.25) is 0 Å². The standard InChI is InChI=1S/C20H27NO4S/c1-23-17-4-2-16(3-5-17)19(22)21-13-20(14-21)10-18(12-26-20)25-11-15-6-8-24-9-7-15/h2-5,15,18H,6-14H2,1H3. The average Bonchev–Trinajstić information content (AvgIpc) is 3.10. The number of amides is 1. The van der Waals surface area contributed by atoms with E-state index >= 15 is 0 Å². The lowest BCUT2D eigenvalue weighted by Crippen LogP contribution is -2.60. The van der Waals surface area contributed by atoms with Crippen molar-refractivity contribution in [3.05, 3.63) is 29.8 Å². The molecule has 3 heterocycles. The summed E-state index contributed by atoms with van der Waals surface area (Å²) in [6, 6.07) is 7.36. The van der Waals surface area contributed by atoms with Gasteiger partial charge in [0, 0.05) is 44.2 Å². The summed E-state index contributed by atoms with van der Waals surface area (Å²) in [5, 5.41) is 0. The predicted molar refractivity (Wildman–Crippen MR) is 102 cm³/mol. The third-order valence-corrected chi connectivity index (χ3v) is 7.24. The smallest absolute Gasteiger partial charge is 0.253 e. The summed E-state index contributed by atoms with van der Waals surface area (Å²) in [6.45, 7) is 4.28. The summed E-state index contributed by atoms with van der Waals surface area (Å²) in [4.78, 5) is 14.6. The van der Waals surface area contributed by atoms with Crippen LogP contribution in [0.4, 0.5) is 0 Å². The lowest BCUT2D eigenvalue weighted by atomic mass is 9.92. The van der Waals surface area contributed by atoms with E-state index in [0.29, 0.717) is 12.0 Å². The molecule has 0 N–H and O–H groups in total. The van der Waals surface area contributed by atoms with Gasteiger partial charge in [-0.1, -0.05) is 0 Å². The van der Waals surface area contributed by atoms with Gasteiger partial charge in [-0.3, -0.25) is 4.79 Å². The van der Waals surface area contributed by atoms with E-state index in [4.69, 9.17) is 14.2 Å². The Balaban J connectivity index is 1.24. The molecule has 0 bridgehead atoms. The minimum atomic E-state index is 0.116. The normalized spacial score (nSPS) is 25.3. The van der Waals surface area contributed by atoms with Gasteiger partial charge in [0.1, 0.15) is 5.75 Å². The molecular formula is C20H27NO4S. The van der Waals surface area contributed by atoms with Gasteiger partial charge in [0.25, 0.3) is 5.91 Å². The van der Waals surface area contributed by atoms with Crippen molar-refractivity contribution in [2.24, 2.45) is 5.92 Å². The van der Waals surface area contributed by atoms with Crippen molar-refractivity contribution in [1.29, 1.82) is 0 Å². The van der Waals surface area contributed by atoms with Crippen molar-refractivity contribution in [2.75, 3.05) is 45.8 Å². The van der Waals surface area contributed by atoms with E-state index in [1.807, 2.05) is 40.9 Å². The number of nitrogens with zero attached hydrogens (tertiary/aromatic N) is 1. The van der Waals surface area contributed by atoms with Crippen LogP contribution in [0.15, 0.2) is 24.3 Å². The molecule has 0 saturated carbocycles. The van der Waals surface area contributed by atoms with Crippen LogP contribution in [0.1, 0.15) is 29.6 Å². The summed E-state index contributed by atoms with van der Waals surface area (Å²) in [5.41, 5.74) is 0.732. The minimum Gasteiger partial charge on any atom is -0.497 e. The Morgan fingerprint density at radius 2 is 2.00 bits per heavy atom. The molecule has 3 fully saturated rings. The maximum atomic E-state index is 12.6. The van der Waals surface area contributed by atoms with Crippen LogP contribution in [-0.2, 0) is 9.47 Å². The number of methoxy groups -OCH3 is 1. The molecule has 3 aliphatic heterocycles. The number of carbonyl (C=O) groups excluding carboxylic acids is 1. The molecule has 4 rings (SSSR count). The zero-order valence-electron chi connectivity index (χ0n) is 15.3. The van der Waals surface area contributed by atoms with Crippen molar-refractivity contribution in [1.82, 2.24) is 4.90 Å². The third kappa shape index (κ3) is 3.87. The largest absolute Gasteiger partial charge is 0.497 e. The molecule has 1 unspecified atom stereocenters. The van der Waals surface area contributed by atoms with Crippen molar-refractivity contribution in [3.63, 3.8) is 0 Å². The molecular weight excluding hydrogens is 350 g/mol. The van der Waals surface area contributed by atoms with E-state index < -0.39 is 0 Å². The molecule has 0 aliphatic carbocycles. The first-order chi connectivity index (χ1) is 12.7. The number of benzene rings is 1. The van der Waals surface area contributed by atoms with Gasteiger partial charge < -0.3 is 19.1 Å². The van der Waals surface area contributed by atoms with Gasteiger partial charge in [-0.15, -0.1) is 11.8 Å². The number of hydrogen-bond acceptors (Lipinski definition) is 5. The topological polar surface area (TPSA) is 48.0 Å². The number of ether oxygens (including phenoxy) is 3. The second kappa shape index (κ2) is 7.79. The first kappa shape index (κ1) is 18.1. The van der Waals surface area contributed by atoms with E-state index in [-0.39, 0.29) is 10.7 Å². The molecule has 1 atom stereocenters. The highest BCUT2D eigenvalue weighted by Crippen LogP contribution is 2.46. The summed E-state index contributed by atoms with van der Waals surface area (Å²) >= 11 is 1.99. The van der Waals surface area contributed by atoms with Gasteiger partial charge in [0.05, 0.1) is 18.0 Å². The fraction of sp³-hybridized carbons (Fsp3) is 0.650. The van der Waals surface area contributed by atoms with Crippen LogP contribution in [0, 0.1) is 5.92 Å². The minimum absolute atomic E-state index is 0.116. The van der Waals surface area contributed by atoms with E-state index in [0.717, 1.165) is 69.2 Å². The Morgan fingerprint density at radius 3 is 2.69 bits per heavy atom. The first-order valence-electron chi connectivity index (χ1n) is 9.44. The van der Waals surface area contributed by atoms with Crippen LogP contribution in [0.25, 0.3) is 0 Å². The molecule has 3 saturated heterocycles. The van der Waals surface area contributed by atoms with Crippen LogP contribution in [0.5, 0.6) is 5.75 Å². The highest BCUT2D eigenvalue weighted by Gasteiger charge is 2.51. The molecule has 26 heavy (non-hydrogen) atoms. The van der Waals surface area contributed by atoms with Gasteiger partial charge in [0.15, 0.2) is 0 Å². The van der Waals surface area contributed by atoms with Crippen LogP contribution >= 0.6 is 11.8 Å². The second-order valence-corrected chi connectivity index (χ2v) is 9.09. The highest BCUT2D eigenvalue weighted by molar-refractivity contribution is 8.01. The Kier molecular flexibility index (Phi) is 5.43. The molecule has 1 amide bonds. The lowest BCUT2D eigenvalue weighted by Gasteiger charge is -2.47. The summed E-state index contributed by atoms with van der Waals surface area (Å²) in [7, 11) is 1.63. The Hall–Kier alpha value is -1.24.